The summed E-state index contributed by atoms with van der Waals surface area (Å²) in [6.07, 6.45) is 1.35. The Bertz CT molecular complexity index is 818. The van der Waals surface area contributed by atoms with Crippen LogP contribution in [-0.4, -0.2) is 29.1 Å². The van der Waals surface area contributed by atoms with Crippen LogP contribution in [0.5, 0.6) is 5.75 Å². The number of benzene rings is 2. The number of carbonyl (C=O) groups is 2. The Morgan fingerprint density at radius 3 is 2.33 bits per heavy atom. The van der Waals surface area contributed by atoms with E-state index in [2.05, 4.69) is 5.32 Å². The van der Waals surface area contributed by atoms with Crippen LogP contribution >= 0.6 is 0 Å². The van der Waals surface area contributed by atoms with Crippen LogP contribution in [0.1, 0.15) is 27.0 Å². The summed E-state index contributed by atoms with van der Waals surface area (Å²) < 4.78 is 5.56. The highest BCUT2D eigenvalue weighted by Crippen LogP contribution is 2.33. The van der Waals surface area contributed by atoms with Crippen LogP contribution in [0.4, 0.5) is 0 Å². The van der Waals surface area contributed by atoms with Crippen molar-refractivity contribution >= 4 is 11.9 Å². The molecule has 1 aliphatic heterocycles. The van der Waals surface area contributed by atoms with Gasteiger partial charge in [0, 0.05) is 19.3 Å². The molecule has 5 nitrogen and oxygen atoms in total. The topological polar surface area (TPSA) is 75.6 Å². The maximum atomic E-state index is 12.8. The largest absolute Gasteiger partial charge is 0.492 e. The zero-order valence-corrected chi connectivity index (χ0v) is 13.0. The second-order valence-electron chi connectivity index (χ2n) is 6.36. The molecule has 0 bridgehead atoms. The van der Waals surface area contributed by atoms with Crippen molar-refractivity contribution < 1.29 is 19.4 Å². The smallest absolute Gasteiger partial charge is 0.330 e. The Morgan fingerprint density at radius 1 is 1.00 bits per heavy atom. The summed E-state index contributed by atoms with van der Waals surface area (Å²) in [6, 6.07) is 13.0. The number of rotatable bonds is 3. The van der Waals surface area contributed by atoms with E-state index in [1.165, 1.54) is 0 Å². The average Bonchev–Trinajstić information content (AvgIpc) is 3.18. The van der Waals surface area contributed by atoms with Gasteiger partial charge in [0.1, 0.15) is 11.3 Å². The minimum atomic E-state index is -1.30. The maximum Gasteiger partial charge on any atom is 0.330 e. The number of carboxylic acids is 1. The van der Waals surface area contributed by atoms with Gasteiger partial charge in [-0.3, -0.25) is 4.79 Å². The molecule has 0 radical (unpaired) electrons. The van der Waals surface area contributed by atoms with Crippen molar-refractivity contribution in [2.24, 2.45) is 0 Å². The van der Waals surface area contributed by atoms with Crippen molar-refractivity contribution in [1.82, 2.24) is 5.32 Å². The van der Waals surface area contributed by atoms with Crippen LogP contribution in [-0.2, 0) is 24.1 Å². The van der Waals surface area contributed by atoms with E-state index in [4.69, 9.17) is 4.74 Å². The number of para-hydroxylation sites is 1. The molecule has 0 atom stereocenters. The van der Waals surface area contributed by atoms with Gasteiger partial charge in [-0.1, -0.05) is 36.4 Å². The van der Waals surface area contributed by atoms with Crippen molar-refractivity contribution in [2.75, 3.05) is 6.61 Å². The lowest BCUT2D eigenvalue weighted by molar-refractivity contribution is -0.144. The van der Waals surface area contributed by atoms with Crippen molar-refractivity contribution in [2.45, 2.75) is 24.8 Å². The fourth-order valence-corrected chi connectivity index (χ4v) is 3.59. The third-order valence-corrected chi connectivity index (χ3v) is 4.82. The van der Waals surface area contributed by atoms with Crippen LogP contribution in [0, 0.1) is 0 Å². The first kappa shape index (κ1) is 14.8. The molecule has 0 spiro atoms. The highest BCUT2D eigenvalue weighted by molar-refractivity contribution is 6.01. The fraction of sp³-hybridized carbons (Fsp3) is 0.263. The summed E-state index contributed by atoms with van der Waals surface area (Å²) in [5.41, 5.74) is 2.02. The molecule has 2 aromatic rings. The predicted octanol–water partition coefficient (Wildman–Crippen LogP) is 1.97. The van der Waals surface area contributed by atoms with Gasteiger partial charge in [0.15, 0.2) is 0 Å². The second kappa shape index (κ2) is 5.37. The summed E-state index contributed by atoms with van der Waals surface area (Å²) in [7, 11) is 0. The van der Waals surface area contributed by atoms with Crippen molar-refractivity contribution in [3.05, 3.63) is 64.7 Å². The zero-order chi connectivity index (χ0) is 16.7. The second-order valence-corrected chi connectivity index (χ2v) is 6.36. The Morgan fingerprint density at radius 2 is 1.67 bits per heavy atom. The van der Waals surface area contributed by atoms with Gasteiger partial charge in [0.05, 0.1) is 12.2 Å². The predicted molar refractivity (Wildman–Crippen MR) is 87.3 cm³/mol. The number of hydrogen-bond acceptors (Lipinski definition) is 3. The first-order valence-corrected chi connectivity index (χ1v) is 7.96. The van der Waals surface area contributed by atoms with Crippen LogP contribution < -0.4 is 10.1 Å². The van der Waals surface area contributed by atoms with E-state index in [-0.39, 0.29) is 0 Å². The molecule has 2 N–H and O–H groups in total. The van der Waals surface area contributed by atoms with Gasteiger partial charge in [-0.2, -0.15) is 0 Å². The molecule has 24 heavy (non-hydrogen) atoms. The molecule has 122 valence electrons. The summed E-state index contributed by atoms with van der Waals surface area (Å²) in [6.45, 7) is 0.551. The quantitative estimate of drug-likeness (QED) is 0.905. The zero-order valence-electron chi connectivity index (χ0n) is 13.0. The lowest BCUT2D eigenvalue weighted by Gasteiger charge is -2.26. The van der Waals surface area contributed by atoms with Crippen molar-refractivity contribution in [3.8, 4) is 5.75 Å². The molecule has 0 unspecified atom stereocenters. The highest BCUT2D eigenvalue weighted by Gasteiger charge is 2.45. The van der Waals surface area contributed by atoms with E-state index >= 15 is 0 Å². The average molecular weight is 323 g/mol. The lowest BCUT2D eigenvalue weighted by Crippen LogP contribution is -2.55. The number of nitrogens with one attached hydrogen (secondary N) is 1. The molecule has 4 rings (SSSR count). The van der Waals surface area contributed by atoms with Crippen LogP contribution in [0.3, 0.4) is 0 Å². The van der Waals surface area contributed by atoms with Crippen molar-refractivity contribution in [3.63, 3.8) is 0 Å². The van der Waals surface area contributed by atoms with Gasteiger partial charge in [-0.05, 0) is 22.8 Å². The SMILES string of the molecule is O=C(NC1(C(=O)O)Cc2ccccc2C1)c1cccc2c1OCC2. The summed E-state index contributed by atoms with van der Waals surface area (Å²) >= 11 is 0. The third-order valence-electron chi connectivity index (χ3n) is 4.82. The van der Waals surface area contributed by atoms with Crippen LogP contribution in [0.2, 0.25) is 0 Å². The molecule has 5 heteroatoms. The summed E-state index contributed by atoms with van der Waals surface area (Å²) in [5, 5.41) is 12.5. The van der Waals surface area contributed by atoms with E-state index in [0.717, 1.165) is 23.1 Å². The molecular formula is C19H17NO4. The Labute approximate surface area is 139 Å². The first-order chi connectivity index (χ1) is 11.6. The lowest BCUT2D eigenvalue weighted by atomic mass is 9.95. The molecule has 0 saturated carbocycles. The van der Waals surface area contributed by atoms with Crippen LogP contribution in [0.15, 0.2) is 42.5 Å². The summed E-state index contributed by atoms with van der Waals surface area (Å²) in [5.74, 6) is -0.837. The van der Waals surface area contributed by atoms with Gasteiger partial charge in [-0.15, -0.1) is 0 Å². The van der Waals surface area contributed by atoms with Gasteiger partial charge in [0.25, 0.3) is 5.91 Å². The molecule has 0 fully saturated rings. The molecule has 1 amide bonds. The number of amides is 1. The van der Waals surface area contributed by atoms with Crippen molar-refractivity contribution in [1.29, 1.82) is 0 Å². The number of carboxylic acid groups (broad SMARTS) is 1. The molecule has 0 aromatic heterocycles. The molecule has 1 aliphatic carbocycles. The fourth-order valence-electron chi connectivity index (χ4n) is 3.59. The minimum Gasteiger partial charge on any atom is -0.492 e. The standard InChI is InChI=1S/C19H17NO4/c21-17(15-7-3-6-12-8-9-24-16(12)15)20-19(18(22)23)10-13-4-1-2-5-14(13)11-19/h1-7H,8-11H2,(H,20,21)(H,22,23). The molecule has 0 saturated heterocycles. The third kappa shape index (κ3) is 2.24. The Hall–Kier alpha value is -2.82. The maximum absolute atomic E-state index is 12.8. The van der Waals surface area contributed by atoms with E-state index in [1.807, 2.05) is 30.3 Å². The molecule has 2 aromatic carbocycles. The first-order valence-electron chi connectivity index (χ1n) is 7.96. The normalized spacial score (nSPS) is 16.8. The number of fused-ring (bicyclic) bond motifs is 2. The van der Waals surface area contributed by atoms with E-state index in [1.54, 1.807) is 12.1 Å². The number of aliphatic carboxylic acids is 1. The van der Waals surface area contributed by atoms with E-state index in [0.29, 0.717) is 30.8 Å². The summed E-state index contributed by atoms with van der Waals surface area (Å²) in [4.78, 5) is 24.7. The van der Waals surface area contributed by atoms with Gasteiger partial charge >= 0.3 is 5.97 Å². The Kier molecular flexibility index (Phi) is 3.30. The Balaban J connectivity index is 1.65. The molecule has 1 heterocycles. The number of hydrogen-bond donors (Lipinski definition) is 2. The van der Waals surface area contributed by atoms with Gasteiger partial charge in [0.2, 0.25) is 0 Å². The van der Waals surface area contributed by atoms with E-state index < -0.39 is 17.4 Å². The van der Waals surface area contributed by atoms with Gasteiger partial charge < -0.3 is 15.2 Å². The highest BCUT2D eigenvalue weighted by atomic mass is 16.5. The van der Waals surface area contributed by atoms with E-state index in [9.17, 15) is 14.7 Å². The monoisotopic (exact) mass is 323 g/mol. The molecular weight excluding hydrogens is 306 g/mol. The molecule has 2 aliphatic rings. The van der Waals surface area contributed by atoms with Crippen LogP contribution in [0.25, 0.3) is 0 Å². The minimum absolute atomic E-state index is 0.292. The van der Waals surface area contributed by atoms with Gasteiger partial charge in [-0.25, -0.2) is 4.79 Å². The number of ether oxygens (including phenoxy) is 1. The number of carbonyl (C=O) groups excluding carboxylic acids is 1.